The molecule has 0 saturated carbocycles. The zero-order valence-corrected chi connectivity index (χ0v) is 18.3. The molecule has 3 heterocycles. The molecule has 2 N–H and O–H groups in total. The van der Waals surface area contributed by atoms with Crippen molar-refractivity contribution in [2.75, 3.05) is 12.3 Å². The normalized spacial score (nSPS) is 22.3. The Kier molecular flexibility index (Phi) is 6.10. The number of hydrogen-bond acceptors (Lipinski definition) is 6. The molecule has 31 heavy (non-hydrogen) atoms. The van der Waals surface area contributed by atoms with E-state index in [2.05, 4.69) is 10.6 Å². The number of rotatable bonds is 8. The van der Waals surface area contributed by atoms with E-state index < -0.39 is 39.1 Å². The van der Waals surface area contributed by atoms with Crippen molar-refractivity contribution in [2.24, 2.45) is 0 Å². The number of amides is 3. The van der Waals surface area contributed by atoms with E-state index in [-0.39, 0.29) is 31.0 Å². The topological polar surface area (TPSA) is 113 Å². The minimum atomic E-state index is -3.45. The van der Waals surface area contributed by atoms with Crippen molar-refractivity contribution in [1.82, 2.24) is 15.5 Å². The largest absolute Gasteiger partial charge is 0.344 e. The summed E-state index contributed by atoms with van der Waals surface area (Å²) in [6, 6.07) is 11.3. The Hall–Kier alpha value is -2.72. The zero-order chi connectivity index (χ0) is 22.0. The molecule has 0 bridgehead atoms. The van der Waals surface area contributed by atoms with Crippen molar-refractivity contribution in [3.63, 3.8) is 0 Å². The van der Waals surface area contributed by atoms with Crippen molar-refractivity contribution >= 4 is 38.9 Å². The second-order valence-electron chi connectivity index (χ2n) is 7.66. The van der Waals surface area contributed by atoms with Crippen LogP contribution in [0.5, 0.6) is 0 Å². The number of fused-ring (bicyclic) bond motifs is 1. The summed E-state index contributed by atoms with van der Waals surface area (Å²) in [7, 11) is -3.45. The minimum absolute atomic E-state index is 0.0926. The van der Waals surface area contributed by atoms with Gasteiger partial charge in [0.25, 0.3) is 0 Å². The molecule has 2 aliphatic rings. The van der Waals surface area contributed by atoms with Gasteiger partial charge in [0.2, 0.25) is 17.7 Å². The van der Waals surface area contributed by atoms with E-state index in [4.69, 9.17) is 0 Å². The number of nitrogens with one attached hydrogen (secondary N) is 2. The molecule has 0 radical (unpaired) electrons. The van der Waals surface area contributed by atoms with Crippen molar-refractivity contribution < 1.29 is 22.8 Å². The Morgan fingerprint density at radius 2 is 1.94 bits per heavy atom. The maximum absolute atomic E-state index is 12.9. The van der Waals surface area contributed by atoms with Gasteiger partial charge in [-0.15, -0.1) is 11.3 Å². The van der Waals surface area contributed by atoms with E-state index in [1.807, 2.05) is 47.8 Å². The second kappa shape index (κ2) is 8.80. The lowest BCUT2D eigenvalue weighted by molar-refractivity contribution is -0.148. The van der Waals surface area contributed by atoms with E-state index in [9.17, 15) is 22.8 Å². The van der Waals surface area contributed by atoms with Crippen LogP contribution in [0, 0.1) is 0 Å². The number of nitrogens with zero attached hydrogens (tertiary/aromatic N) is 1. The van der Waals surface area contributed by atoms with Crippen LogP contribution in [0.3, 0.4) is 0 Å². The van der Waals surface area contributed by atoms with Gasteiger partial charge >= 0.3 is 0 Å². The summed E-state index contributed by atoms with van der Waals surface area (Å²) in [5.41, 5.74) is 1.02. The van der Waals surface area contributed by atoms with Crippen LogP contribution in [0.15, 0.2) is 47.8 Å². The van der Waals surface area contributed by atoms with Crippen LogP contribution < -0.4 is 10.6 Å². The number of β-lactam (4-membered cyclic amide) rings is 1. The van der Waals surface area contributed by atoms with Gasteiger partial charge in [0.05, 0.1) is 5.75 Å². The first-order valence-corrected chi connectivity index (χ1v) is 12.6. The predicted molar refractivity (Wildman–Crippen MR) is 116 cm³/mol. The van der Waals surface area contributed by atoms with E-state index in [1.165, 1.54) is 16.2 Å². The summed E-state index contributed by atoms with van der Waals surface area (Å²) in [6.07, 6.45) is 1.02. The number of benzene rings is 1. The summed E-state index contributed by atoms with van der Waals surface area (Å²) >= 11 is 1.46. The molecule has 2 saturated heterocycles. The van der Waals surface area contributed by atoms with Crippen LogP contribution in [0.1, 0.15) is 16.9 Å². The molecule has 1 aromatic carbocycles. The number of sulfone groups is 1. The lowest BCUT2D eigenvalue weighted by Gasteiger charge is -2.41. The van der Waals surface area contributed by atoms with Gasteiger partial charge in [-0.3, -0.25) is 14.4 Å². The van der Waals surface area contributed by atoms with Crippen LogP contribution in [0.4, 0.5) is 0 Å². The fourth-order valence-corrected chi connectivity index (χ4v) is 6.54. The highest BCUT2D eigenvalue weighted by atomic mass is 32.2. The van der Waals surface area contributed by atoms with E-state index in [1.54, 1.807) is 0 Å². The zero-order valence-electron chi connectivity index (χ0n) is 16.7. The highest BCUT2D eigenvalue weighted by Crippen LogP contribution is 2.31. The molecule has 2 aromatic rings. The van der Waals surface area contributed by atoms with Gasteiger partial charge in [-0.2, -0.15) is 0 Å². The monoisotopic (exact) mass is 461 g/mol. The van der Waals surface area contributed by atoms with Gasteiger partial charge in [0.15, 0.2) is 15.2 Å². The van der Waals surface area contributed by atoms with E-state index in [0.717, 1.165) is 10.4 Å². The van der Waals surface area contributed by atoms with Crippen LogP contribution in [-0.2, 0) is 37.1 Å². The van der Waals surface area contributed by atoms with Crippen molar-refractivity contribution in [1.29, 1.82) is 0 Å². The number of aryl methyl sites for hydroxylation is 1. The highest BCUT2D eigenvalue weighted by molar-refractivity contribution is 7.92. The molecule has 3 atom stereocenters. The smallest absolute Gasteiger partial charge is 0.249 e. The molecule has 1 aromatic heterocycles. The molecule has 2 fully saturated rings. The molecular formula is C21H23N3O5S2. The Labute approximate surface area is 184 Å². The lowest BCUT2D eigenvalue weighted by Crippen LogP contribution is -2.71. The molecule has 0 unspecified atom stereocenters. The van der Waals surface area contributed by atoms with Gasteiger partial charge in [-0.05, 0) is 23.4 Å². The first kappa shape index (κ1) is 21.5. The maximum atomic E-state index is 12.9. The number of hydrogen-bond donors (Lipinski definition) is 2. The first-order chi connectivity index (χ1) is 14.8. The Bertz CT molecular complexity index is 1070. The molecule has 3 amide bonds. The van der Waals surface area contributed by atoms with Gasteiger partial charge < -0.3 is 15.5 Å². The highest BCUT2D eigenvalue weighted by Gasteiger charge is 2.58. The molecule has 8 nitrogen and oxygen atoms in total. The number of carbonyl (C=O) groups excluding carboxylic acids is 3. The summed E-state index contributed by atoms with van der Waals surface area (Å²) in [5.74, 6) is -1.33. The summed E-state index contributed by atoms with van der Waals surface area (Å²) in [6.45, 7) is 0.160. The Balaban J connectivity index is 1.41. The van der Waals surface area contributed by atoms with Gasteiger partial charge in [-0.25, -0.2) is 8.42 Å². The summed E-state index contributed by atoms with van der Waals surface area (Å²) < 4.78 is 24.3. The van der Waals surface area contributed by atoms with Crippen molar-refractivity contribution in [3.05, 3.63) is 58.3 Å². The maximum Gasteiger partial charge on any atom is 0.249 e. The molecule has 2 aliphatic heterocycles. The molecule has 10 heteroatoms. The van der Waals surface area contributed by atoms with Crippen LogP contribution in [0.2, 0.25) is 0 Å². The summed E-state index contributed by atoms with van der Waals surface area (Å²) in [4.78, 5) is 39.9. The summed E-state index contributed by atoms with van der Waals surface area (Å²) in [5, 5.41) is 6.20. The average Bonchev–Trinajstić information content (AvgIpc) is 3.36. The Morgan fingerprint density at radius 3 is 2.65 bits per heavy atom. The van der Waals surface area contributed by atoms with Gasteiger partial charge in [0, 0.05) is 24.3 Å². The molecule has 4 rings (SSSR count). The minimum Gasteiger partial charge on any atom is -0.344 e. The van der Waals surface area contributed by atoms with E-state index in [0.29, 0.717) is 6.42 Å². The Morgan fingerprint density at radius 1 is 1.16 bits per heavy atom. The van der Waals surface area contributed by atoms with Crippen LogP contribution >= 0.6 is 11.3 Å². The van der Waals surface area contributed by atoms with Crippen molar-refractivity contribution in [3.8, 4) is 0 Å². The lowest BCUT2D eigenvalue weighted by atomic mass is 10.1. The number of thiophene rings is 1. The van der Waals surface area contributed by atoms with Crippen LogP contribution in [-0.4, -0.2) is 60.8 Å². The van der Waals surface area contributed by atoms with Crippen molar-refractivity contribution in [2.45, 2.75) is 36.7 Å². The number of carbonyl (C=O) groups is 3. The fraction of sp³-hybridized carbons (Fsp3) is 0.381. The van der Waals surface area contributed by atoms with Gasteiger partial charge in [-0.1, -0.05) is 36.4 Å². The standard InChI is InChI=1S/C21H23N3O5S2/c25-17(9-8-14-5-2-1-3-6-14)22-16(13-15-7-4-11-30-15)19(26)23-18-20(27)24-10-12-31(28,29)21(18)24/h1-7,11,16,18,21H,8-10,12-13H2,(H,22,25)(H,23,26)/t16-,18+,21-/m0/s1. The van der Waals surface area contributed by atoms with E-state index >= 15 is 0 Å². The second-order valence-corrected chi connectivity index (χ2v) is 10.9. The third-order valence-electron chi connectivity index (χ3n) is 5.54. The third kappa shape index (κ3) is 4.64. The third-order valence-corrected chi connectivity index (χ3v) is 8.46. The fourth-order valence-electron chi connectivity index (χ4n) is 3.90. The molecule has 0 spiro atoms. The molecular weight excluding hydrogens is 438 g/mol. The average molecular weight is 462 g/mol. The SMILES string of the molecule is O=C(CCc1ccccc1)N[C@@H](Cc1cccs1)C(=O)N[C@@H]1C(=O)N2CCS(=O)(=O)[C@@H]12. The quantitative estimate of drug-likeness (QED) is 0.556. The van der Waals surface area contributed by atoms with Gasteiger partial charge in [0.1, 0.15) is 12.1 Å². The molecule has 0 aliphatic carbocycles. The predicted octanol–water partition coefficient (Wildman–Crippen LogP) is 0.490. The molecule has 164 valence electrons. The first-order valence-electron chi connectivity index (χ1n) is 10.0. The van der Waals surface area contributed by atoms with Crippen LogP contribution in [0.25, 0.3) is 0 Å².